The average Bonchev–Trinajstić information content (AvgIpc) is 3.35. The second kappa shape index (κ2) is 8.00. The van der Waals surface area contributed by atoms with Gasteiger partial charge in [0.2, 0.25) is 11.8 Å². The van der Waals surface area contributed by atoms with E-state index in [9.17, 15) is 19.2 Å². The first-order valence-corrected chi connectivity index (χ1v) is 12.3. The standard InChI is InChI=1S/C28H28N2O6/c1-16(32)36-22-12-20-18(13-31)23-24(28(22)19-10-6-7-11-21(19)29-25(28)33)27(20,26(34)30(23)2)15-35-14-17-8-4-3-5-9-17/h3-11,13,18,20,22-24H,12,14-15H2,1-2H3,(H,29,33)/t18-,20-,22-,23-,24+,27+,28+/m0/s1. The average molecular weight is 489 g/mol. The summed E-state index contributed by atoms with van der Waals surface area (Å²) >= 11 is 0. The minimum atomic E-state index is -1.31. The van der Waals surface area contributed by atoms with Crippen molar-refractivity contribution in [2.45, 2.75) is 37.5 Å². The van der Waals surface area contributed by atoms with Crippen LogP contribution in [-0.4, -0.2) is 54.8 Å². The first-order chi connectivity index (χ1) is 17.4. The Morgan fingerprint density at radius 1 is 1.14 bits per heavy atom. The number of carbonyl (C=O) groups excluding carboxylic acids is 4. The molecule has 36 heavy (non-hydrogen) atoms. The number of benzene rings is 2. The van der Waals surface area contributed by atoms with Gasteiger partial charge in [0.05, 0.1) is 18.6 Å². The lowest BCUT2D eigenvalue weighted by Gasteiger charge is -2.51. The Morgan fingerprint density at radius 3 is 2.58 bits per heavy atom. The fourth-order valence-corrected chi connectivity index (χ4v) is 7.85. The molecule has 2 aromatic rings. The smallest absolute Gasteiger partial charge is 0.302 e. The highest BCUT2D eigenvalue weighted by molar-refractivity contribution is 6.09. The number of hydrogen-bond acceptors (Lipinski definition) is 6. The van der Waals surface area contributed by atoms with Gasteiger partial charge in [-0.3, -0.25) is 14.4 Å². The Morgan fingerprint density at radius 2 is 1.86 bits per heavy atom. The summed E-state index contributed by atoms with van der Waals surface area (Å²) in [6.45, 7) is 1.70. The molecule has 186 valence electrons. The third-order valence-electron chi connectivity index (χ3n) is 8.96. The van der Waals surface area contributed by atoms with Crippen molar-refractivity contribution >= 4 is 29.8 Å². The highest BCUT2D eigenvalue weighted by atomic mass is 16.5. The van der Waals surface area contributed by atoms with Crippen LogP contribution in [-0.2, 0) is 40.7 Å². The Labute approximate surface area is 208 Å². The third kappa shape index (κ3) is 2.73. The minimum Gasteiger partial charge on any atom is -0.461 e. The van der Waals surface area contributed by atoms with Gasteiger partial charge in [0.1, 0.15) is 17.8 Å². The van der Waals surface area contributed by atoms with Crippen molar-refractivity contribution in [3.63, 3.8) is 0 Å². The zero-order chi connectivity index (χ0) is 25.2. The summed E-state index contributed by atoms with van der Waals surface area (Å²) in [5.41, 5.74) is -0.0850. The zero-order valence-electron chi connectivity index (χ0n) is 20.2. The molecule has 7 atom stereocenters. The summed E-state index contributed by atoms with van der Waals surface area (Å²) in [5.74, 6) is -2.41. The third-order valence-corrected chi connectivity index (χ3v) is 8.96. The zero-order valence-corrected chi connectivity index (χ0v) is 20.2. The molecular formula is C28H28N2O6. The number of nitrogens with one attached hydrogen (secondary N) is 1. The number of rotatable bonds is 6. The van der Waals surface area contributed by atoms with Crippen LogP contribution >= 0.6 is 0 Å². The molecule has 8 nitrogen and oxygen atoms in total. The van der Waals surface area contributed by atoms with Gasteiger partial charge in [-0.05, 0) is 29.5 Å². The molecule has 2 aliphatic carbocycles. The summed E-state index contributed by atoms with van der Waals surface area (Å²) in [6.07, 6.45) is 0.335. The molecule has 2 aromatic carbocycles. The molecule has 4 aliphatic rings. The van der Waals surface area contributed by atoms with Crippen LogP contribution < -0.4 is 5.32 Å². The maximum absolute atomic E-state index is 14.0. The van der Waals surface area contributed by atoms with Crippen LogP contribution in [0.1, 0.15) is 24.5 Å². The molecule has 6 rings (SSSR count). The van der Waals surface area contributed by atoms with E-state index < -0.39 is 46.7 Å². The number of amides is 2. The van der Waals surface area contributed by atoms with E-state index in [0.29, 0.717) is 17.9 Å². The minimum absolute atomic E-state index is 0.0746. The van der Waals surface area contributed by atoms with Crippen molar-refractivity contribution in [2.24, 2.45) is 23.2 Å². The Bertz CT molecular complexity index is 1260. The fraction of sp³-hybridized carbons (Fsp3) is 0.429. The molecule has 8 heteroatoms. The predicted octanol–water partition coefficient (Wildman–Crippen LogP) is 2.32. The van der Waals surface area contributed by atoms with E-state index in [1.54, 1.807) is 11.9 Å². The Kier molecular flexibility index (Phi) is 5.09. The molecule has 0 aromatic heterocycles. The number of aldehydes is 1. The molecule has 1 saturated heterocycles. The molecule has 0 radical (unpaired) electrons. The van der Waals surface area contributed by atoms with Gasteiger partial charge in [-0.2, -0.15) is 0 Å². The second-order valence-corrected chi connectivity index (χ2v) is 10.4. The Hall–Kier alpha value is -3.52. The van der Waals surface area contributed by atoms with Crippen LogP contribution in [0.15, 0.2) is 54.6 Å². The molecule has 1 N–H and O–H groups in total. The number of nitrogens with zero attached hydrogens (tertiary/aromatic N) is 1. The van der Waals surface area contributed by atoms with E-state index in [-0.39, 0.29) is 24.8 Å². The largest absolute Gasteiger partial charge is 0.461 e. The first kappa shape index (κ1) is 22.9. The molecule has 2 heterocycles. The number of likely N-dealkylation sites (tertiary alicyclic amines) is 1. The summed E-state index contributed by atoms with van der Waals surface area (Å²) in [5, 5.41) is 2.99. The van der Waals surface area contributed by atoms with Crippen molar-refractivity contribution < 1.29 is 28.7 Å². The maximum Gasteiger partial charge on any atom is 0.302 e. The molecule has 2 amide bonds. The van der Waals surface area contributed by atoms with Crippen molar-refractivity contribution in [3.05, 3.63) is 65.7 Å². The van der Waals surface area contributed by atoms with E-state index in [0.717, 1.165) is 11.8 Å². The van der Waals surface area contributed by atoms with Crippen LogP contribution in [0.5, 0.6) is 0 Å². The van der Waals surface area contributed by atoms with Gasteiger partial charge in [0, 0.05) is 37.5 Å². The number of hydrogen-bond donors (Lipinski definition) is 1. The fourth-order valence-electron chi connectivity index (χ4n) is 7.85. The first-order valence-electron chi connectivity index (χ1n) is 12.3. The van der Waals surface area contributed by atoms with Crippen LogP contribution in [0, 0.1) is 23.2 Å². The molecule has 1 spiro atoms. The van der Waals surface area contributed by atoms with E-state index >= 15 is 0 Å². The lowest BCUT2D eigenvalue weighted by Crippen LogP contribution is -2.63. The quantitative estimate of drug-likeness (QED) is 0.495. The molecule has 4 bridgehead atoms. The van der Waals surface area contributed by atoms with Crippen LogP contribution in [0.25, 0.3) is 0 Å². The monoisotopic (exact) mass is 488 g/mol. The van der Waals surface area contributed by atoms with Crippen molar-refractivity contribution in [1.29, 1.82) is 0 Å². The molecule has 2 aliphatic heterocycles. The van der Waals surface area contributed by atoms with Gasteiger partial charge in [-0.25, -0.2) is 0 Å². The van der Waals surface area contributed by atoms with E-state index in [4.69, 9.17) is 9.47 Å². The van der Waals surface area contributed by atoms with Crippen molar-refractivity contribution in [1.82, 2.24) is 4.90 Å². The topological polar surface area (TPSA) is 102 Å². The number of fused-ring (bicyclic) bond motifs is 2. The normalized spacial score (nSPS) is 35.6. The highest BCUT2D eigenvalue weighted by Gasteiger charge is 2.83. The number of carbonyl (C=O) groups is 4. The van der Waals surface area contributed by atoms with Crippen LogP contribution in [0.3, 0.4) is 0 Å². The van der Waals surface area contributed by atoms with Crippen molar-refractivity contribution in [3.8, 4) is 0 Å². The summed E-state index contributed by atoms with van der Waals surface area (Å²) in [6, 6.07) is 16.5. The van der Waals surface area contributed by atoms with Gasteiger partial charge in [0.15, 0.2) is 0 Å². The number of ether oxygens (including phenoxy) is 2. The van der Waals surface area contributed by atoms with Crippen LogP contribution in [0.4, 0.5) is 5.69 Å². The predicted molar refractivity (Wildman–Crippen MR) is 129 cm³/mol. The van der Waals surface area contributed by atoms with E-state index in [2.05, 4.69) is 5.32 Å². The molecule has 3 fully saturated rings. The number of piperidine rings is 1. The molecule has 0 unspecified atom stereocenters. The summed E-state index contributed by atoms with van der Waals surface area (Å²) in [4.78, 5) is 54.3. The van der Waals surface area contributed by atoms with E-state index in [1.807, 2.05) is 54.6 Å². The lowest BCUT2D eigenvalue weighted by atomic mass is 9.51. The SMILES string of the molecule is CC(=O)O[C@H]1C[C@H]2[C@H](C=O)[C@H]3[C@H]([C@]2(COCc2ccccc2)C(=O)N3C)[C@]12C(=O)Nc1ccccc12. The van der Waals surface area contributed by atoms with Crippen molar-refractivity contribution in [2.75, 3.05) is 19.0 Å². The lowest BCUT2D eigenvalue weighted by molar-refractivity contribution is -0.173. The summed E-state index contributed by atoms with van der Waals surface area (Å²) in [7, 11) is 1.70. The highest BCUT2D eigenvalue weighted by Crippen LogP contribution is 2.71. The van der Waals surface area contributed by atoms with Gasteiger partial charge in [-0.15, -0.1) is 0 Å². The second-order valence-electron chi connectivity index (χ2n) is 10.4. The Balaban J connectivity index is 1.52. The number of para-hydroxylation sites is 1. The van der Waals surface area contributed by atoms with Gasteiger partial charge in [-0.1, -0.05) is 48.5 Å². The maximum atomic E-state index is 14.0. The van der Waals surface area contributed by atoms with Gasteiger partial charge in [0.25, 0.3) is 0 Å². The van der Waals surface area contributed by atoms with Gasteiger partial charge < -0.3 is 24.5 Å². The van der Waals surface area contributed by atoms with E-state index in [1.165, 1.54) is 6.92 Å². The number of anilines is 1. The molecule has 2 saturated carbocycles. The molecular weight excluding hydrogens is 460 g/mol. The van der Waals surface area contributed by atoms with Crippen LogP contribution in [0.2, 0.25) is 0 Å². The summed E-state index contributed by atoms with van der Waals surface area (Å²) < 4.78 is 12.1. The van der Waals surface area contributed by atoms with Gasteiger partial charge >= 0.3 is 5.97 Å². The number of esters is 1.